The van der Waals surface area contributed by atoms with Crippen molar-refractivity contribution in [3.05, 3.63) is 58.3 Å². The molecule has 1 amide bonds. The van der Waals surface area contributed by atoms with Crippen LogP contribution in [0.4, 0.5) is 5.13 Å². The van der Waals surface area contributed by atoms with E-state index in [0.717, 1.165) is 10.6 Å². The molecule has 0 saturated carbocycles. The van der Waals surface area contributed by atoms with Gasteiger partial charge in [-0.1, -0.05) is 18.2 Å². The van der Waals surface area contributed by atoms with E-state index in [9.17, 15) is 13.2 Å². The zero-order valence-corrected chi connectivity index (χ0v) is 15.2. The van der Waals surface area contributed by atoms with Crippen LogP contribution in [0.15, 0.2) is 47.2 Å². The minimum atomic E-state index is -3.09. The fourth-order valence-electron chi connectivity index (χ4n) is 2.09. The van der Waals surface area contributed by atoms with E-state index in [-0.39, 0.29) is 11.7 Å². The molecule has 1 aromatic carbocycles. The molecule has 0 fully saturated rings. The van der Waals surface area contributed by atoms with E-state index in [1.807, 2.05) is 22.9 Å². The van der Waals surface area contributed by atoms with Gasteiger partial charge in [0, 0.05) is 17.2 Å². The monoisotopic (exact) mass is 378 g/mol. The molecule has 24 heavy (non-hydrogen) atoms. The van der Waals surface area contributed by atoms with Crippen LogP contribution in [0.5, 0.6) is 0 Å². The second-order valence-corrected chi connectivity index (χ2v) is 9.18. The molecule has 5 nitrogen and oxygen atoms in total. The lowest BCUT2D eigenvalue weighted by atomic mass is 10.1. The smallest absolute Gasteiger partial charge is 0.257 e. The van der Waals surface area contributed by atoms with Gasteiger partial charge in [-0.25, -0.2) is 13.4 Å². The van der Waals surface area contributed by atoms with Crippen LogP contribution in [-0.2, 0) is 15.6 Å². The highest BCUT2D eigenvalue weighted by Crippen LogP contribution is 2.28. The predicted molar refractivity (Wildman–Crippen MR) is 98.4 cm³/mol. The van der Waals surface area contributed by atoms with Gasteiger partial charge in [0.1, 0.15) is 0 Å². The average molecular weight is 379 g/mol. The normalized spacial score (nSPS) is 11.4. The van der Waals surface area contributed by atoms with Gasteiger partial charge < -0.3 is 0 Å². The van der Waals surface area contributed by atoms with Gasteiger partial charge in [-0.15, -0.1) is 22.7 Å². The number of carbonyl (C=O) groups is 1. The summed E-state index contributed by atoms with van der Waals surface area (Å²) in [5.41, 5.74) is 1.96. The SMILES string of the molecule is CS(=O)(=O)Cc1ccc(C(=O)Nc2nc(-c3cccs3)cs2)cc1. The number of aromatic nitrogens is 1. The first-order valence-electron chi connectivity index (χ1n) is 6.98. The van der Waals surface area contributed by atoms with Crippen molar-refractivity contribution < 1.29 is 13.2 Å². The predicted octanol–water partition coefficient (Wildman–Crippen LogP) is 3.67. The molecular weight excluding hydrogens is 364 g/mol. The Morgan fingerprint density at radius 1 is 1.17 bits per heavy atom. The van der Waals surface area contributed by atoms with Crippen molar-refractivity contribution in [3.8, 4) is 10.6 Å². The summed E-state index contributed by atoms with van der Waals surface area (Å²) in [6.07, 6.45) is 1.18. The Morgan fingerprint density at radius 2 is 1.92 bits per heavy atom. The van der Waals surface area contributed by atoms with Gasteiger partial charge in [-0.3, -0.25) is 10.1 Å². The number of sulfone groups is 1. The lowest BCUT2D eigenvalue weighted by molar-refractivity contribution is 0.102. The first kappa shape index (κ1) is 16.8. The van der Waals surface area contributed by atoms with Crippen molar-refractivity contribution in [3.63, 3.8) is 0 Å². The largest absolute Gasteiger partial charge is 0.298 e. The molecule has 2 aromatic heterocycles. The quantitative estimate of drug-likeness (QED) is 0.735. The van der Waals surface area contributed by atoms with Crippen LogP contribution < -0.4 is 5.32 Å². The standard InChI is InChI=1S/C16H14N2O3S3/c1-24(20,21)10-11-4-6-12(7-5-11)15(19)18-16-17-13(9-23-16)14-3-2-8-22-14/h2-9H,10H2,1H3,(H,17,18,19). The van der Waals surface area contributed by atoms with Crippen LogP contribution in [0.2, 0.25) is 0 Å². The van der Waals surface area contributed by atoms with Gasteiger partial charge in [0.2, 0.25) is 0 Å². The van der Waals surface area contributed by atoms with Gasteiger partial charge in [-0.05, 0) is 29.1 Å². The third-order valence-electron chi connectivity index (χ3n) is 3.14. The summed E-state index contributed by atoms with van der Waals surface area (Å²) >= 11 is 2.96. The number of hydrogen-bond acceptors (Lipinski definition) is 6. The van der Waals surface area contributed by atoms with E-state index in [1.165, 1.54) is 17.6 Å². The van der Waals surface area contributed by atoms with E-state index in [4.69, 9.17) is 0 Å². The Morgan fingerprint density at radius 3 is 2.54 bits per heavy atom. The van der Waals surface area contributed by atoms with E-state index in [1.54, 1.807) is 35.6 Å². The van der Waals surface area contributed by atoms with Crippen molar-refractivity contribution in [2.24, 2.45) is 0 Å². The van der Waals surface area contributed by atoms with Crippen LogP contribution in [0.1, 0.15) is 15.9 Å². The number of thiophene rings is 1. The van der Waals surface area contributed by atoms with Crippen LogP contribution in [0.25, 0.3) is 10.6 Å². The van der Waals surface area contributed by atoms with Crippen molar-refractivity contribution >= 4 is 43.5 Å². The number of amides is 1. The molecule has 0 aliphatic heterocycles. The van der Waals surface area contributed by atoms with Crippen LogP contribution in [0.3, 0.4) is 0 Å². The second-order valence-electron chi connectivity index (χ2n) is 5.24. The van der Waals surface area contributed by atoms with Gasteiger partial charge in [0.05, 0.1) is 16.3 Å². The Bertz CT molecular complexity index is 943. The number of thiazole rings is 1. The van der Waals surface area contributed by atoms with Crippen molar-refractivity contribution in [2.75, 3.05) is 11.6 Å². The molecule has 3 rings (SSSR count). The number of hydrogen-bond donors (Lipinski definition) is 1. The summed E-state index contributed by atoms with van der Waals surface area (Å²) in [7, 11) is -3.09. The van der Waals surface area contributed by atoms with E-state index < -0.39 is 9.84 Å². The van der Waals surface area contributed by atoms with E-state index in [0.29, 0.717) is 16.3 Å². The molecule has 0 atom stereocenters. The first-order valence-corrected chi connectivity index (χ1v) is 10.8. The molecule has 0 unspecified atom stereocenters. The highest BCUT2D eigenvalue weighted by atomic mass is 32.2. The molecule has 2 heterocycles. The van der Waals surface area contributed by atoms with E-state index in [2.05, 4.69) is 10.3 Å². The summed E-state index contributed by atoms with van der Waals surface area (Å²) in [4.78, 5) is 17.7. The minimum absolute atomic E-state index is 0.0362. The van der Waals surface area contributed by atoms with Crippen LogP contribution in [0, 0.1) is 0 Å². The topological polar surface area (TPSA) is 76.1 Å². The Kier molecular flexibility index (Phi) is 4.79. The molecule has 124 valence electrons. The number of carbonyl (C=O) groups excluding carboxylic acids is 1. The van der Waals surface area contributed by atoms with Crippen molar-refractivity contribution in [1.82, 2.24) is 4.98 Å². The summed E-state index contributed by atoms with van der Waals surface area (Å²) < 4.78 is 22.6. The summed E-state index contributed by atoms with van der Waals surface area (Å²) in [5.74, 6) is -0.307. The third kappa shape index (κ3) is 4.28. The molecule has 0 aliphatic carbocycles. The van der Waals surface area contributed by atoms with Crippen molar-refractivity contribution in [1.29, 1.82) is 0 Å². The molecule has 0 bridgehead atoms. The highest BCUT2D eigenvalue weighted by molar-refractivity contribution is 7.89. The Labute approximate surface area is 147 Å². The minimum Gasteiger partial charge on any atom is -0.298 e. The molecule has 0 radical (unpaired) electrons. The van der Waals surface area contributed by atoms with Gasteiger partial charge in [0.15, 0.2) is 15.0 Å². The second kappa shape index (κ2) is 6.84. The number of benzene rings is 1. The molecule has 0 spiro atoms. The zero-order chi connectivity index (χ0) is 17.2. The van der Waals surface area contributed by atoms with Gasteiger partial charge in [0.25, 0.3) is 5.91 Å². The molecule has 0 saturated heterocycles. The maximum atomic E-state index is 12.2. The van der Waals surface area contributed by atoms with Crippen LogP contribution >= 0.6 is 22.7 Å². The first-order chi connectivity index (χ1) is 11.4. The molecular formula is C16H14N2O3S3. The van der Waals surface area contributed by atoms with Crippen molar-refractivity contribution in [2.45, 2.75) is 5.75 Å². The number of rotatable bonds is 5. The Hall–Kier alpha value is -2.03. The molecule has 8 heteroatoms. The average Bonchev–Trinajstić information content (AvgIpc) is 3.16. The van der Waals surface area contributed by atoms with Gasteiger partial charge in [-0.2, -0.15) is 0 Å². The van der Waals surface area contributed by atoms with Crippen LogP contribution in [-0.4, -0.2) is 25.6 Å². The number of nitrogens with one attached hydrogen (secondary N) is 1. The number of nitrogens with zero attached hydrogens (tertiary/aromatic N) is 1. The fraction of sp³-hybridized carbons (Fsp3) is 0.125. The van der Waals surface area contributed by atoms with E-state index >= 15 is 0 Å². The molecule has 0 aliphatic rings. The summed E-state index contributed by atoms with van der Waals surface area (Å²) in [6.45, 7) is 0. The fourth-order valence-corrected chi connectivity index (χ4v) is 4.36. The molecule has 1 N–H and O–H groups in total. The lowest BCUT2D eigenvalue weighted by Gasteiger charge is -2.03. The van der Waals surface area contributed by atoms with Gasteiger partial charge >= 0.3 is 0 Å². The third-order valence-corrected chi connectivity index (χ3v) is 5.65. The Balaban J connectivity index is 1.69. The maximum Gasteiger partial charge on any atom is 0.257 e. The number of anilines is 1. The molecule has 3 aromatic rings. The zero-order valence-electron chi connectivity index (χ0n) is 12.7. The summed E-state index contributed by atoms with van der Waals surface area (Å²) in [5, 5.41) is 7.17. The lowest BCUT2D eigenvalue weighted by Crippen LogP contribution is -2.11. The highest BCUT2D eigenvalue weighted by Gasteiger charge is 2.11. The maximum absolute atomic E-state index is 12.2. The summed E-state index contributed by atoms with van der Waals surface area (Å²) in [6, 6.07) is 10.5.